The van der Waals surface area contributed by atoms with Crippen molar-refractivity contribution in [3.05, 3.63) is 54.2 Å². The van der Waals surface area contributed by atoms with Crippen molar-refractivity contribution in [1.29, 1.82) is 0 Å². The third-order valence-electron chi connectivity index (χ3n) is 5.22. The number of nitrogens with one attached hydrogen (secondary N) is 2. The average molecular weight is 558 g/mol. The molecule has 0 radical (unpaired) electrons. The molecule has 1 fully saturated rings. The van der Waals surface area contributed by atoms with Crippen molar-refractivity contribution in [1.82, 2.24) is 19.9 Å². The Balaban J connectivity index is 0.00000341. The minimum atomic E-state index is -3.11. The molecule has 1 saturated heterocycles. The maximum absolute atomic E-state index is 12.2. The van der Waals surface area contributed by atoms with Crippen LogP contribution in [0.4, 0.5) is 0 Å². The van der Waals surface area contributed by atoms with Gasteiger partial charge in [0.2, 0.25) is 10.0 Å². The van der Waals surface area contributed by atoms with E-state index in [1.807, 2.05) is 31.2 Å². The predicted molar refractivity (Wildman–Crippen MR) is 137 cm³/mol. The van der Waals surface area contributed by atoms with Crippen LogP contribution in [0.3, 0.4) is 0 Å². The lowest BCUT2D eigenvalue weighted by Crippen LogP contribution is -2.49. The third kappa shape index (κ3) is 7.43. The van der Waals surface area contributed by atoms with E-state index in [1.54, 1.807) is 17.5 Å². The fourth-order valence-electron chi connectivity index (χ4n) is 3.61. The molecular formula is C22H32IN5O2S. The van der Waals surface area contributed by atoms with Crippen LogP contribution >= 0.6 is 24.0 Å². The molecule has 1 aromatic carbocycles. The summed E-state index contributed by atoms with van der Waals surface area (Å²) in [6.07, 6.45) is 4.00. The molecule has 1 aromatic heterocycles. The Labute approximate surface area is 202 Å². The van der Waals surface area contributed by atoms with Crippen LogP contribution in [0.25, 0.3) is 11.3 Å². The second-order valence-electron chi connectivity index (χ2n) is 7.47. The lowest BCUT2D eigenvalue weighted by atomic mass is 10.1. The number of aromatic nitrogens is 1. The van der Waals surface area contributed by atoms with Crippen LogP contribution in [-0.4, -0.2) is 55.6 Å². The third-order valence-corrected chi connectivity index (χ3v) is 7.30. The molecule has 0 saturated carbocycles. The monoisotopic (exact) mass is 557 g/mol. The van der Waals surface area contributed by atoms with Gasteiger partial charge in [-0.2, -0.15) is 0 Å². The van der Waals surface area contributed by atoms with Crippen LogP contribution < -0.4 is 10.6 Å². The molecule has 7 nitrogen and oxygen atoms in total. The summed E-state index contributed by atoms with van der Waals surface area (Å²) in [6.45, 7) is 3.66. The number of guanidine groups is 1. The molecular weight excluding hydrogens is 525 g/mol. The molecule has 2 aromatic rings. The van der Waals surface area contributed by atoms with Gasteiger partial charge in [-0.25, -0.2) is 12.7 Å². The highest BCUT2D eigenvalue weighted by atomic mass is 127. The number of hydrogen-bond donors (Lipinski definition) is 2. The fraction of sp³-hybridized carbons (Fsp3) is 0.455. The molecule has 1 aliphatic rings. The summed E-state index contributed by atoms with van der Waals surface area (Å²) in [7, 11) is -1.36. The lowest BCUT2D eigenvalue weighted by molar-refractivity contribution is 0.306. The van der Waals surface area contributed by atoms with Gasteiger partial charge in [0, 0.05) is 44.5 Å². The normalized spacial score (nSPS) is 15.9. The summed E-state index contributed by atoms with van der Waals surface area (Å²) in [4.78, 5) is 8.74. The lowest BCUT2D eigenvalue weighted by Gasteiger charge is -2.32. The fourth-order valence-corrected chi connectivity index (χ4v) is 5.15. The largest absolute Gasteiger partial charge is 0.354 e. The minimum Gasteiger partial charge on any atom is -0.354 e. The van der Waals surface area contributed by atoms with Crippen molar-refractivity contribution in [3.8, 4) is 11.3 Å². The highest BCUT2D eigenvalue weighted by Gasteiger charge is 2.27. The van der Waals surface area contributed by atoms with E-state index in [2.05, 4.69) is 38.8 Å². The quantitative estimate of drug-likeness (QED) is 0.310. The standard InChI is InChI=1S/C22H31N5O2S.HI/c1-3-15-30(28,29)27-13-10-20(11-14-27)26-22(23-2)25-17-18-7-6-8-19(16-18)21-9-4-5-12-24-21;/h4-9,12,16,20H,3,10-11,13-15,17H2,1-2H3,(H2,23,25,26);1H. The number of pyridine rings is 1. The Kier molecular flexibility index (Phi) is 10.2. The average Bonchev–Trinajstić information content (AvgIpc) is 2.78. The van der Waals surface area contributed by atoms with Crippen LogP contribution in [0.1, 0.15) is 31.7 Å². The zero-order valence-electron chi connectivity index (χ0n) is 18.1. The first-order valence-electron chi connectivity index (χ1n) is 10.5. The van der Waals surface area contributed by atoms with E-state index in [0.717, 1.165) is 35.6 Å². The Bertz CT molecular complexity index is 945. The predicted octanol–water partition coefficient (Wildman–Crippen LogP) is 3.24. The van der Waals surface area contributed by atoms with E-state index in [9.17, 15) is 8.42 Å². The van der Waals surface area contributed by atoms with Gasteiger partial charge in [0.25, 0.3) is 0 Å². The van der Waals surface area contributed by atoms with Crippen molar-refractivity contribution >= 4 is 40.0 Å². The topological polar surface area (TPSA) is 86.7 Å². The minimum absolute atomic E-state index is 0. The Hall–Kier alpha value is -1.72. The Morgan fingerprint density at radius 2 is 1.97 bits per heavy atom. The molecule has 0 amide bonds. The number of nitrogens with zero attached hydrogens (tertiary/aromatic N) is 3. The summed E-state index contributed by atoms with van der Waals surface area (Å²) in [5, 5.41) is 6.79. The summed E-state index contributed by atoms with van der Waals surface area (Å²) in [6, 6.07) is 14.4. The molecule has 170 valence electrons. The molecule has 2 N–H and O–H groups in total. The van der Waals surface area contributed by atoms with Crippen molar-refractivity contribution in [2.24, 2.45) is 4.99 Å². The molecule has 9 heteroatoms. The highest BCUT2D eigenvalue weighted by Crippen LogP contribution is 2.18. The van der Waals surface area contributed by atoms with E-state index in [-0.39, 0.29) is 35.8 Å². The summed E-state index contributed by atoms with van der Waals surface area (Å²) < 4.78 is 26.1. The maximum atomic E-state index is 12.2. The SMILES string of the molecule is CCCS(=O)(=O)N1CCC(NC(=NC)NCc2cccc(-c3ccccn3)c2)CC1.I. The highest BCUT2D eigenvalue weighted by molar-refractivity contribution is 14.0. The van der Waals surface area contributed by atoms with Crippen molar-refractivity contribution in [3.63, 3.8) is 0 Å². The van der Waals surface area contributed by atoms with Gasteiger partial charge in [0.1, 0.15) is 0 Å². The summed E-state index contributed by atoms with van der Waals surface area (Å²) in [5.41, 5.74) is 3.17. The van der Waals surface area contributed by atoms with Gasteiger partial charge in [0.05, 0.1) is 11.4 Å². The molecule has 0 spiro atoms. The Morgan fingerprint density at radius 3 is 2.61 bits per heavy atom. The van der Waals surface area contributed by atoms with Crippen LogP contribution in [0.5, 0.6) is 0 Å². The number of hydrogen-bond acceptors (Lipinski definition) is 4. The molecule has 0 unspecified atom stereocenters. The molecule has 0 aliphatic carbocycles. The second-order valence-corrected chi connectivity index (χ2v) is 9.56. The van der Waals surface area contributed by atoms with E-state index < -0.39 is 10.0 Å². The number of benzene rings is 1. The second kappa shape index (κ2) is 12.4. The first kappa shape index (κ1) is 25.5. The van der Waals surface area contributed by atoms with Crippen LogP contribution in [0.15, 0.2) is 53.7 Å². The number of halogens is 1. The number of aliphatic imine (C=N–C) groups is 1. The Morgan fingerprint density at radius 1 is 1.19 bits per heavy atom. The van der Waals surface area contributed by atoms with Crippen LogP contribution in [0, 0.1) is 0 Å². The summed E-state index contributed by atoms with van der Waals surface area (Å²) >= 11 is 0. The first-order chi connectivity index (χ1) is 14.5. The molecule has 31 heavy (non-hydrogen) atoms. The van der Waals surface area contributed by atoms with Crippen LogP contribution in [0.2, 0.25) is 0 Å². The van der Waals surface area contributed by atoms with E-state index >= 15 is 0 Å². The molecule has 3 rings (SSSR count). The van der Waals surface area contributed by atoms with E-state index in [0.29, 0.717) is 26.1 Å². The van der Waals surface area contributed by atoms with Gasteiger partial charge in [-0.15, -0.1) is 24.0 Å². The van der Waals surface area contributed by atoms with Crippen molar-refractivity contribution < 1.29 is 8.42 Å². The van der Waals surface area contributed by atoms with Crippen LogP contribution in [-0.2, 0) is 16.6 Å². The van der Waals surface area contributed by atoms with Gasteiger partial charge >= 0.3 is 0 Å². The zero-order chi connectivity index (χ0) is 21.4. The number of sulfonamides is 1. The smallest absolute Gasteiger partial charge is 0.214 e. The molecule has 1 aliphatic heterocycles. The van der Waals surface area contributed by atoms with E-state index in [1.165, 1.54) is 0 Å². The van der Waals surface area contributed by atoms with Crippen molar-refractivity contribution in [2.45, 2.75) is 38.8 Å². The van der Waals surface area contributed by atoms with Gasteiger partial charge in [-0.05, 0) is 43.0 Å². The first-order valence-corrected chi connectivity index (χ1v) is 12.1. The van der Waals surface area contributed by atoms with Crippen molar-refractivity contribution in [2.75, 3.05) is 25.9 Å². The van der Waals surface area contributed by atoms with Gasteiger partial charge in [-0.3, -0.25) is 9.98 Å². The zero-order valence-corrected chi connectivity index (χ0v) is 21.3. The maximum Gasteiger partial charge on any atom is 0.214 e. The summed E-state index contributed by atoms with van der Waals surface area (Å²) in [5.74, 6) is 0.958. The van der Waals surface area contributed by atoms with E-state index in [4.69, 9.17) is 0 Å². The van der Waals surface area contributed by atoms with Gasteiger partial charge in [-0.1, -0.05) is 31.2 Å². The number of rotatable bonds is 7. The van der Waals surface area contributed by atoms with Gasteiger partial charge < -0.3 is 10.6 Å². The molecule has 2 heterocycles. The van der Waals surface area contributed by atoms with Gasteiger partial charge in [0.15, 0.2) is 5.96 Å². The molecule has 0 bridgehead atoms. The molecule has 0 atom stereocenters. The number of piperidine rings is 1.